The molecule has 138 valence electrons. The van der Waals surface area contributed by atoms with Crippen molar-refractivity contribution in [2.45, 2.75) is 38.9 Å². The lowest BCUT2D eigenvalue weighted by atomic mass is 9.95. The number of hydrogen-bond donors (Lipinski definition) is 3. The van der Waals surface area contributed by atoms with Gasteiger partial charge >= 0.3 is 0 Å². The number of ether oxygens (including phenoxy) is 1. The standard InChI is InChI=1S/C20H26N4O2/c1-3-26-17-7-4-15(5-8-17)6-9-18(25)22-20-14(2)19(23-24-20)16-10-12-21-13-11-16/h4-5,7-8,10-14,19-20,23-24H,3,6,9H2,1-2H3,(H,22,25). The Morgan fingerprint density at radius 1 is 1.15 bits per heavy atom. The summed E-state index contributed by atoms with van der Waals surface area (Å²) in [5.41, 5.74) is 8.74. The van der Waals surface area contributed by atoms with E-state index < -0.39 is 0 Å². The van der Waals surface area contributed by atoms with Crippen molar-refractivity contribution < 1.29 is 9.53 Å². The average molecular weight is 354 g/mol. The highest BCUT2D eigenvalue weighted by Gasteiger charge is 2.33. The number of nitrogens with zero attached hydrogens (tertiary/aromatic N) is 1. The number of pyridine rings is 1. The Hall–Kier alpha value is -2.44. The number of amides is 1. The van der Waals surface area contributed by atoms with Gasteiger partial charge in [0.2, 0.25) is 5.91 Å². The maximum atomic E-state index is 12.3. The van der Waals surface area contributed by atoms with Gasteiger partial charge in [0, 0.05) is 24.7 Å². The van der Waals surface area contributed by atoms with Crippen LogP contribution in [0.15, 0.2) is 48.8 Å². The first kappa shape index (κ1) is 18.4. The van der Waals surface area contributed by atoms with Crippen LogP contribution in [0.3, 0.4) is 0 Å². The molecule has 6 heteroatoms. The molecule has 1 aliphatic rings. The number of hydrazine groups is 1. The SMILES string of the molecule is CCOc1ccc(CCC(=O)NC2NNC(c3ccncc3)C2C)cc1. The van der Waals surface area contributed by atoms with E-state index >= 15 is 0 Å². The number of aryl methyl sites for hydroxylation is 1. The summed E-state index contributed by atoms with van der Waals surface area (Å²) in [4.78, 5) is 16.4. The summed E-state index contributed by atoms with van der Waals surface area (Å²) in [7, 11) is 0. The maximum absolute atomic E-state index is 12.3. The third kappa shape index (κ3) is 4.59. The van der Waals surface area contributed by atoms with Gasteiger partial charge in [-0.2, -0.15) is 0 Å². The number of aromatic nitrogens is 1. The second kappa shape index (κ2) is 8.78. The van der Waals surface area contributed by atoms with Crippen LogP contribution in [0.1, 0.15) is 37.4 Å². The normalized spacial score (nSPS) is 22.2. The van der Waals surface area contributed by atoms with Crippen molar-refractivity contribution in [1.29, 1.82) is 0 Å². The van der Waals surface area contributed by atoms with Gasteiger partial charge in [-0.1, -0.05) is 19.1 Å². The van der Waals surface area contributed by atoms with Gasteiger partial charge in [-0.05, 0) is 48.7 Å². The van der Waals surface area contributed by atoms with Crippen molar-refractivity contribution in [3.05, 3.63) is 59.9 Å². The minimum absolute atomic E-state index is 0.0420. The highest BCUT2D eigenvalue weighted by Crippen LogP contribution is 2.26. The molecule has 0 spiro atoms. The van der Waals surface area contributed by atoms with Crippen molar-refractivity contribution in [1.82, 2.24) is 21.2 Å². The van der Waals surface area contributed by atoms with E-state index in [0.717, 1.165) is 16.9 Å². The van der Waals surface area contributed by atoms with Crippen molar-refractivity contribution in [2.24, 2.45) is 5.92 Å². The first-order chi connectivity index (χ1) is 12.7. The molecule has 1 fully saturated rings. The lowest BCUT2D eigenvalue weighted by Crippen LogP contribution is -2.46. The first-order valence-corrected chi connectivity index (χ1v) is 9.09. The Bertz CT molecular complexity index is 706. The van der Waals surface area contributed by atoms with Crippen molar-refractivity contribution >= 4 is 5.91 Å². The van der Waals surface area contributed by atoms with Crippen LogP contribution in [-0.2, 0) is 11.2 Å². The fourth-order valence-corrected chi connectivity index (χ4v) is 3.18. The van der Waals surface area contributed by atoms with Gasteiger partial charge in [0.25, 0.3) is 0 Å². The monoisotopic (exact) mass is 354 g/mol. The minimum atomic E-state index is -0.0963. The zero-order chi connectivity index (χ0) is 18.4. The first-order valence-electron chi connectivity index (χ1n) is 9.09. The molecule has 0 saturated carbocycles. The molecule has 1 aromatic heterocycles. The molecule has 1 amide bonds. The second-order valence-electron chi connectivity index (χ2n) is 6.53. The molecule has 0 aliphatic carbocycles. The zero-order valence-electron chi connectivity index (χ0n) is 15.2. The van der Waals surface area contributed by atoms with E-state index in [1.165, 1.54) is 0 Å². The van der Waals surface area contributed by atoms with E-state index in [1.807, 2.05) is 43.3 Å². The largest absolute Gasteiger partial charge is 0.494 e. The van der Waals surface area contributed by atoms with Crippen LogP contribution in [0.4, 0.5) is 0 Å². The Morgan fingerprint density at radius 2 is 1.88 bits per heavy atom. The van der Waals surface area contributed by atoms with E-state index in [-0.39, 0.29) is 24.0 Å². The molecule has 0 bridgehead atoms. The number of hydrogen-bond acceptors (Lipinski definition) is 5. The number of carbonyl (C=O) groups excluding carboxylic acids is 1. The molecule has 26 heavy (non-hydrogen) atoms. The molecule has 3 unspecified atom stereocenters. The summed E-state index contributed by atoms with van der Waals surface area (Å²) in [6, 6.07) is 12.0. The van der Waals surface area contributed by atoms with Crippen LogP contribution in [0.5, 0.6) is 5.75 Å². The van der Waals surface area contributed by atoms with Crippen LogP contribution < -0.4 is 20.9 Å². The molecule has 1 aromatic carbocycles. The molecule has 0 radical (unpaired) electrons. The van der Waals surface area contributed by atoms with Crippen LogP contribution >= 0.6 is 0 Å². The summed E-state index contributed by atoms with van der Waals surface area (Å²) < 4.78 is 5.44. The topological polar surface area (TPSA) is 75.3 Å². The van der Waals surface area contributed by atoms with Crippen LogP contribution in [0.25, 0.3) is 0 Å². The van der Waals surface area contributed by atoms with Crippen molar-refractivity contribution in [2.75, 3.05) is 6.61 Å². The minimum Gasteiger partial charge on any atom is -0.494 e. The lowest BCUT2D eigenvalue weighted by Gasteiger charge is -2.19. The lowest BCUT2D eigenvalue weighted by molar-refractivity contribution is -0.122. The zero-order valence-corrected chi connectivity index (χ0v) is 15.2. The number of nitrogens with one attached hydrogen (secondary N) is 3. The average Bonchev–Trinajstić information content (AvgIpc) is 3.02. The van der Waals surface area contributed by atoms with Gasteiger partial charge in [0.15, 0.2) is 0 Å². The van der Waals surface area contributed by atoms with Crippen LogP contribution in [-0.4, -0.2) is 23.7 Å². The van der Waals surface area contributed by atoms with Crippen molar-refractivity contribution in [3.8, 4) is 5.75 Å². The van der Waals surface area contributed by atoms with Gasteiger partial charge in [0.1, 0.15) is 5.75 Å². The quantitative estimate of drug-likeness (QED) is 0.712. The molecular formula is C20H26N4O2. The van der Waals surface area contributed by atoms with Crippen molar-refractivity contribution in [3.63, 3.8) is 0 Å². The third-order valence-corrected chi connectivity index (χ3v) is 4.70. The molecule has 2 heterocycles. The van der Waals surface area contributed by atoms with E-state index in [2.05, 4.69) is 28.1 Å². The summed E-state index contributed by atoms with van der Waals surface area (Å²) in [5.74, 6) is 1.13. The molecule has 2 aromatic rings. The second-order valence-corrected chi connectivity index (χ2v) is 6.53. The Kier molecular flexibility index (Phi) is 6.20. The molecule has 1 aliphatic heterocycles. The predicted molar refractivity (Wildman–Crippen MR) is 100 cm³/mol. The molecule has 6 nitrogen and oxygen atoms in total. The van der Waals surface area contributed by atoms with E-state index in [1.54, 1.807) is 12.4 Å². The fourth-order valence-electron chi connectivity index (χ4n) is 3.18. The molecule has 3 N–H and O–H groups in total. The Balaban J connectivity index is 1.47. The third-order valence-electron chi connectivity index (χ3n) is 4.70. The van der Waals surface area contributed by atoms with Gasteiger partial charge in [0.05, 0.1) is 18.8 Å². The van der Waals surface area contributed by atoms with E-state index in [0.29, 0.717) is 19.4 Å². The maximum Gasteiger partial charge on any atom is 0.221 e. The highest BCUT2D eigenvalue weighted by atomic mass is 16.5. The molecule has 1 saturated heterocycles. The van der Waals surface area contributed by atoms with Crippen LogP contribution in [0.2, 0.25) is 0 Å². The van der Waals surface area contributed by atoms with Gasteiger partial charge in [-0.3, -0.25) is 9.78 Å². The van der Waals surface area contributed by atoms with E-state index in [4.69, 9.17) is 4.74 Å². The van der Waals surface area contributed by atoms with E-state index in [9.17, 15) is 4.79 Å². The Labute approximate surface area is 154 Å². The smallest absolute Gasteiger partial charge is 0.221 e. The predicted octanol–water partition coefficient (Wildman–Crippen LogP) is 2.34. The number of benzene rings is 1. The summed E-state index contributed by atoms with van der Waals surface area (Å²) in [5, 5.41) is 3.08. The molecular weight excluding hydrogens is 328 g/mol. The highest BCUT2D eigenvalue weighted by molar-refractivity contribution is 5.76. The molecule has 3 atom stereocenters. The number of rotatable bonds is 7. The Morgan fingerprint density at radius 3 is 2.58 bits per heavy atom. The molecule has 3 rings (SSSR count). The number of carbonyl (C=O) groups is 1. The summed E-state index contributed by atoms with van der Waals surface area (Å²) >= 11 is 0. The van der Waals surface area contributed by atoms with Gasteiger partial charge in [-0.25, -0.2) is 10.9 Å². The van der Waals surface area contributed by atoms with Gasteiger partial charge < -0.3 is 10.1 Å². The fraction of sp³-hybridized carbons (Fsp3) is 0.400. The van der Waals surface area contributed by atoms with Gasteiger partial charge in [-0.15, -0.1) is 0 Å². The van der Waals surface area contributed by atoms with Crippen LogP contribution in [0, 0.1) is 5.92 Å². The summed E-state index contributed by atoms with van der Waals surface area (Å²) in [6.07, 6.45) is 4.64. The summed E-state index contributed by atoms with van der Waals surface area (Å²) in [6.45, 7) is 4.74.